The number of allylic oxidation sites excluding steroid dienone is 32. The second kappa shape index (κ2) is 81.8. The van der Waals surface area contributed by atoms with Crippen LogP contribution < -0.4 is 5.11 Å². The predicted molar refractivity (Wildman–Crippen MR) is 444 cm³/mol. The van der Waals surface area contributed by atoms with Crippen LogP contribution in [0.5, 0.6) is 0 Å². The summed E-state index contributed by atoms with van der Waals surface area (Å²) < 4.78 is 22.8. The molecule has 2 atom stereocenters. The van der Waals surface area contributed by atoms with Crippen molar-refractivity contribution in [3.63, 3.8) is 0 Å². The number of carbonyl (C=O) groups is 3. The number of carbonyl (C=O) groups excluding carboxylic acids is 3. The smallest absolute Gasteiger partial charge is 0.306 e. The number of nitrogens with zero attached hydrogens (tertiary/aromatic N) is 1. The van der Waals surface area contributed by atoms with E-state index in [0.29, 0.717) is 17.4 Å². The minimum atomic E-state index is -1.64. The third-order valence-electron chi connectivity index (χ3n) is 17.3. The minimum absolute atomic E-state index is 0.133. The van der Waals surface area contributed by atoms with Gasteiger partial charge < -0.3 is 33.3 Å². The van der Waals surface area contributed by atoms with E-state index in [-0.39, 0.29) is 38.6 Å². The first-order valence-corrected chi connectivity index (χ1v) is 41.6. The second-order valence-corrected chi connectivity index (χ2v) is 28.3. The van der Waals surface area contributed by atoms with Crippen LogP contribution in [0.4, 0.5) is 0 Å². The van der Waals surface area contributed by atoms with E-state index >= 15 is 0 Å². The Labute approximate surface area is 633 Å². The molecule has 582 valence electrons. The highest BCUT2D eigenvalue weighted by Crippen LogP contribution is 2.18. The van der Waals surface area contributed by atoms with Crippen molar-refractivity contribution < 1.29 is 42.9 Å². The lowest BCUT2D eigenvalue weighted by Gasteiger charge is -2.26. The zero-order valence-electron chi connectivity index (χ0n) is 66.6. The number of esters is 2. The normalized spacial score (nSPS) is 13.7. The number of likely N-dealkylation sites (N-methyl/N-ethyl adjacent to an activating group) is 1. The Balaban J connectivity index is 4.10. The number of carboxylic acid groups (broad SMARTS) is 1. The van der Waals surface area contributed by atoms with Crippen molar-refractivity contribution in [3.05, 3.63) is 194 Å². The maximum atomic E-state index is 13.0. The van der Waals surface area contributed by atoms with Crippen molar-refractivity contribution in [1.29, 1.82) is 0 Å². The maximum absolute atomic E-state index is 13.0. The van der Waals surface area contributed by atoms with E-state index in [1.165, 1.54) is 148 Å². The highest BCUT2D eigenvalue weighted by Gasteiger charge is 2.22. The first-order valence-electron chi connectivity index (χ1n) is 41.6. The number of hydrogen-bond donors (Lipinski definition) is 0. The van der Waals surface area contributed by atoms with Crippen molar-refractivity contribution >= 4 is 17.9 Å². The van der Waals surface area contributed by atoms with Gasteiger partial charge in [0.05, 0.1) is 40.3 Å². The van der Waals surface area contributed by atoms with Crippen LogP contribution in [0.1, 0.15) is 322 Å². The third kappa shape index (κ3) is 83.3. The molecular formula is C94H153NO8. The predicted octanol–water partition coefficient (Wildman–Crippen LogP) is 25.9. The van der Waals surface area contributed by atoms with Crippen LogP contribution in [0.3, 0.4) is 0 Å². The van der Waals surface area contributed by atoms with Crippen molar-refractivity contribution in [2.24, 2.45) is 0 Å². The van der Waals surface area contributed by atoms with Crippen molar-refractivity contribution in [3.8, 4) is 0 Å². The van der Waals surface area contributed by atoms with Crippen LogP contribution in [-0.2, 0) is 33.3 Å². The molecule has 0 aromatic rings. The number of rotatable bonds is 75. The van der Waals surface area contributed by atoms with Gasteiger partial charge in [0, 0.05) is 12.8 Å². The highest BCUT2D eigenvalue weighted by molar-refractivity contribution is 5.70. The van der Waals surface area contributed by atoms with Crippen LogP contribution in [0, 0.1) is 0 Å². The highest BCUT2D eigenvalue weighted by atomic mass is 16.7. The molecular weight excluding hydrogens is 1270 g/mol. The number of quaternary nitrogens is 1. The van der Waals surface area contributed by atoms with Crippen molar-refractivity contribution in [2.75, 3.05) is 47.5 Å². The Kier molecular flexibility index (Phi) is 77.1. The topological polar surface area (TPSA) is 111 Å². The zero-order chi connectivity index (χ0) is 74.6. The molecule has 0 amide bonds. The fraction of sp³-hybridized carbons (Fsp3) is 0.628. The summed E-state index contributed by atoms with van der Waals surface area (Å²) in [5.41, 5.74) is 0. The molecule has 0 aromatic heterocycles. The van der Waals surface area contributed by atoms with Crippen molar-refractivity contribution in [2.45, 2.75) is 334 Å². The molecule has 9 nitrogen and oxygen atoms in total. The number of unbranched alkanes of at least 4 members (excludes halogenated alkanes) is 28. The summed E-state index contributed by atoms with van der Waals surface area (Å²) in [6.45, 7) is 4.49. The van der Waals surface area contributed by atoms with Crippen LogP contribution in [0.2, 0.25) is 0 Å². The summed E-state index contributed by atoms with van der Waals surface area (Å²) in [7, 11) is 5.92. The van der Waals surface area contributed by atoms with Gasteiger partial charge in [-0.3, -0.25) is 9.59 Å². The molecule has 0 radical (unpaired) electrons. The Morgan fingerprint density at radius 1 is 0.291 bits per heavy atom. The molecule has 0 rings (SSSR count). The molecule has 0 saturated heterocycles. The Morgan fingerprint density at radius 3 is 0.786 bits per heavy atom. The summed E-state index contributed by atoms with van der Waals surface area (Å²) in [6.07, 6.45) is 123. The molecule has 0 aromatic carbocycles. The van der Waals surface area contributed by atoms with Gasteiger partial charge in [0.1, 0.15) is 13.2 Å². The monoisotopic (exact) mass is 1420 g/mol. The molecule has 0 aliphatic heterocycles. The van der Waals surface area contributed by atoms with E-state index in [9.17, 15) is 19.5 Å². The van der Waals surface area contributed by atoms with Crippen LogP contribution in [0.25, 0.3) is 0 Å². The molecule has 0 N–H and O–H groups in total. The zero-order valence-corrected chi connectivity index (χ0v) is 66.6. The van der Waals surface area contributed by atoms with Crippen molar-refractivity contribution in [1.82, 2.24) is 0 Å². The van der Waals surface area contributed by atoms with E-state index in [0.717, 1.165) is 141 Å². The lowest BCUT2D eigenvalue weighted by molar-refractivity contribution is -0.870. The van der Waals surface area contributed by atoms with Gasteiger partial charge in [-0.25, -0.2) is 0 Å². The average Bonchev–Trinajstić information content (AvgIpc) is 1.16. The number of hydrogen-bond acceptors (Lipinski definition) is 8. The lowest BCUT2D eigenvalue weighted by Crippen LogP contribution is -2.44. The molecule has 0 spiro atoms. The molecule has 0 bridgehead atoms. The van der Waals surface area contributed by atoms with E-state index in [1.807, 2.05) is 21.1 Å². The lowest BCUT2D eigenvalue weighted by atomic mass is 10.0. The summed E-state index contributed by atoms with van der Waals surface area (Å²) in [6, 6.07) is 0. The van der Waals surface area contributed by atoms with E-state index in [1.54, 1.807) is 0 Å². The van der Waals surface area contributed by atoms with Gasteiger partial charge >= 0.3 is 11.9 Å². The van der Waals surface area contributed by atoms with E-state index in [2.05, 4.69) is 208 Å². The largest absolute Gasteiger partial charge is 0.545 e. The average molecular weight is 1430 g/mol. The second-order valence-electron chi connectivity index (χ2n) is 28.3. The molecule has 9 heteroatoms. The molecule has 0 saturated carbocycles. The SMILES string of the molecule is CC/C=C\C/C=C\C/C=C\C/C=C\C/C=C\C/C=C\C/C=C\C/C=C\C/C=C\C/C=C\C/C=C\CCCCCC(=O)OC(COC(=O)CCCCCCCCCCCCCCCCCCCCCCCCCCC/C=C\C/C=C\C/C=C\C/C=C\C/C=C\CC)COC(OCC[N+](C)(C)C)C(=O)[O-]. The molecule has 103 heavy (non-hydrogen) atoms. The Bertz CT molecular complexity index is 2410. The molecule has 2 unspecified atom stereocenters. The number of ether oxygens (including phenoxy) is 4. The first kappa shape index (κ1) is 97.1. The summed E-state index contributed by atoms with van der Waals surface area (Å²) in [5.74, 6) is -2.33. The van der Waals surface area contributed by atoms with Gasteiger partial charge in [-0.15, -0.1) is 0 Å². The summed E-state index contributed by atoms with van der Waals surface area (Å²) in [4.78, 5) is 37.6. The first-order chi connectivity index (χ1) is 50.6. The van der Waals surface area contributed by atoms with Gasteiger partial charge in [0.15, 0.2) is 12.4 Å². The van der Waals surface area contributed by atoms with Gasteiger partial charge in [-0.05, 0) is 141 Å². The maximum Gasteiger partial charge on any atom is 0.306 e. The van der Waals surface area contributed by atoms with E-state index < -0.39 is 24.3 Å². The fourth-order valence-electron chi connectivity index (χ4n) is 11.1. The minimum Gasteiger partial charge on any atom is -0.545 e. The molecule has 0 aliphatic rings. The fourth-order valence-corrected chi connectivity index (χ4v) is 11.1. The Hall–Kier alpha value is -5.87. The van der Waals surface area contributed by atoms with Gasteiger partial charge in [0.25, 0.3) is 0 Å². The van der Waals surface area contributed by atoms with Gasteiger partial charge in [-0.1, -0.05) is 362 Å². The van der Waals surface area contributed by atoms with E-state index in [4.69, 9.17) is 18.9 Å². The summed E-state index contributed by atoms with van der Waals surface area (Å²) in [5, 5.41) is 11.9. The quantitative estimate of drug-likeness (QED) is 0.0195. The van der Waals surface area contributed by atoms with Gasteiger partial charge in [0.2, 0.25) is 0 Å². The van der Waals surface area contributed by atoms with Crippen LogP contribution >= 0.6 is 0 Å². The van der Waals surface area contributed by atoms with Gasteiger partial charge in [-0.2, -0.15) is 0 Å². The number of carboxylic acids is 1. The molecule has 0 fully saturated rings. The standard InChI is InChI=1S/C94H153NO8/c1-6-8-10-12-14-16-18-20-22-24-26-28-30-32-34-36-38-40-42-44-45-46-47-49-50-52-54-56-58-60-62-64-66-68-70-72-74-76-78-80-82-84-91(96)101-88-90(89-102-94(93(98)99)100-87-86-95(3,4)5)103-92(97)85-83-81-79-77-75-73-71-69-67-65-63-61-59-57-55-53-51-48-43-41-39-37-35-33-31-29-27-25-23-21-19-17-15-13-11-9-7-2/h8-11,14-17,20-23,26-29,32-35,39,41,48,51,55,57,61,63,67,69,73,75,90,94H,6-7,12-13,18-19,24-25,30-31,36-38,40,42-47,49-50,52-54,56,58-60,62,64-66,68,70-72,74,76-89H2,1-5H3/b10-8-,11-9-,16-14-,17-15-,22-20-,23-21-,28-26-,29-27-,34-32-,35-33-,41-39-,51-48-,57-55-,63-61-,69-67-,75-73-. The summed E-state index contributed by atoms with van der Waals surface area (Å²) >= 11 is 0. The van der Waals surface area contributed by atoms with Crippen LogP contribution in [0.15, 0.2) is 194 Å². The third-order valence-corrected chi connectivity index (χ3v) is 17.3. The molecule has 0 aliphatic carbocycles. The number of aliphatic carboxylic acids is 1. The molecule has 0 heterocycles. The Morgan fingerprint density at radius 2 is 0.524 bits per heavy atom. The van der Waals surface area contributed by atoms with Crippen LogP contribution in [-0.4, -0.2) is 82.3 Å².